The number of nitrogens with zero attached hydrogens (tertiary/aromatic N) is 4. The molecule has 1 aliphatic rings. The third kappa shape index (κ3) is 6.19. The molecular weight excluding hydrogens is 397 g/mol. The van der Waals surface area contributed by atoms with E-state index in [1.807, 2.05) is 27.7 Å². The fourth-order valence-corrected chi connectivity index (χ4v) is 4.96. The van der Waals surface area contributed by atoms with Crippen molar-refractivity contribution in [1.29, 1.82) is 5.26 Å². The van der Waals surface area contributed by atoms with E-state index in [-0.39, 0.29) is 37.5 Å². The molecule has 10 nitrogen and oxygen atoms in total. The van der Waals surface area contributed by atoms with Gasteiger partial charge in [-0.25, -0.2) is 9.46 Å². The van der Waals surface area contributed by atoms with Gasteiger partial charge < -0.3 is 24.6 Å². The number of nitrogens with two attached hydrogens (primary N) is 1. The normalized spacial score (nSPS) is 23.1. The predicted octanol–water partition coefficient (Wildman–Crippen LogP) is 1.77. The maximum Gasteiger partial charge on any atom is 0.351 e. The van der Waals surface area contributed by atoms with Crippen LogP contribution in [0.25, 0.3) is 0 Å². The average Bonchev–Trinajstić information content (AvgIpc) is 3.03. The quantitative estimate of drug-likeness (QED) is 0.423. The van der Waals surface area contributed by atoms with Gasteiger partial charge in [0.25, 0.3) is 8.53 Å². The Kier molecular flexibility index (Phi) is 8.96. The number of hydrogen-bond acceptors (Lipinski definition) is 9. The Morgan fingerprint density at radius 3 is 2.72 bits per heavy atom. The molecule has 1 aromatic rings. The largest absolute Gasteiger partial charge is 0.394 e. The highest BCUT2D eigenvalue weighted by atomic mass is 31.2. The van der Waals surface area contributed by atoms with Gasteiger partial charge >= 0.3 is 5.69 Å². The van der Waals surface area contributed by atoms with Crippen LogP contribution >= 0.6 is 8.53 Å². The Balaban J connectivity index is 2.19. The third-order valence-electron chi connectivity index (χ3n) is 4.41. The summed E-state index contributed by atoms with van der Waals surface area (Å²) in [6.07, 6.45) is 0.401. The fraction of sp³-hybridized carbons (Fsp3) is 0.722. The zero-order valence-electron chi connectivity index (χ0n) is 17.3. The predicted molar refractivity (Wildman–Crippen MR) is 109 cm³/mol. The summed E-state index contributed by atoms with van der Waals surface area (Å²) in [5.41, 5.74) is 5.03. The van der Waals surface area contributed by atoms with E-state index in [1.165, 1.54) is 16.8 Å². The highest BCUT2D eigenvalue weighted by Crippen LogP contribution is 2.49. The van der Waals surface area contributed by atoms with E-state index in [0.717, 1.165) is 0 Å². The molecule has 1 aromatic heterocycles. The smallest absolute Gasteiger partial charge is 0.351 e. The minimum atomic E-state index is -1.49. The van der Waals surface area contributed by atoms with Gasteiger partial charge in [-0.3, -0.25) is 4.57 Å². The van der Waals surface area contributed by atoms with Gasteiger partial charge in [-0.2, -0.15) is 10.2 Å². The molecule has 162 valence electrons. The number of aromatic nitrogens is 2. The van der Waals surface area contributed by atoms with Gasteiger partial charge in [0.2, 0.25) is 0 Å². The first-order chi connectivity index (χ1) is 13.8. The second-order valence-corrected chi connectivity index (χ2v) is 8.69. The monoisotopic (exact) mass is 427 g/mol. The lowest BCUT2D eigenvalue weighted by molar-refractivity contribution is -0.0438. The molecule has 4 atom stereocenters. The first-order valence-corrected chi connectivity index (χ1v) is 10.8. The van der Waals surface area contributed by atoms with Crippen LogP contribution in [-0.2, 0) is 13.8 Å². The summed E-state index contributed by atoms with van der Waals surface area (Å²) in [5, 5.41) is 18.6. The molecule has 3 N–H and O–H groups in total. The Labute approximate surface area is 172 Å². The summed E-state index contributed by atoms with van der Waals surface area (Å²) >= 11 is 0. The Bertz CT molecular complexity index is 745. The van der Waals surface area contributed by atoms with E-state index in [4.69, 9.17) is 24.8 Å². The van der Waals surface area contributed by atoms with Crippen molar-refractivity contribution in [2.75, 3.05) is 18.9 Å². The number of aliphatic hydroxyl groups excluding tert-OH is 1. The highest BCUT2D eigenvalue weighted by Gasteiger charge is 2.41. The zero-order valence-corrected chi connectivity index (χ0v) is 18.2. The molecule has 0 spiro atoms. The second kappa shape index (κ2) is 11.0. The molecule has 0 aliphatic carbocycles. The van der Waals surface area contributed by atoms with E-state index in [9.17, 15) is 9.90 Å². The number of anilines is 1. The highest BCUT2D eigenvalue weighted by molar-refractivity contribution is 7.44. The molecule has 1 saturated heterocycles. The van der Waals surface area contributed by atoms with Crippen LogP contribution in [0, 0.1) is 11.3 Å². The van der Waals surface area contributed by atoms with Crippen LogP contribution in [0.4, 0.5) is 5.82 Å². The van der Waals surface area contributed by atoms with Crippen LogP contribution in [0.1, 0.15) is 46.8 Å². The van der Waals surface area contributed by atoms with Crippen molar-refractivity contribution in [3.63, 3.8) is 0 Å². The van der Waals surface area contributed by atoms with Crippen LogP contribution in [0.15, 0.2) is 17.1 Å². The van der Waals surface area contributed by atoms with Crippen LogP contribution in [0.3, 0.4) is 0 Å². The summed E-state index contributed by atoms with van der Waals surface area (Å²) in [4.78, 5) is 15.9. The molecule has 0 radical (unpaired) electrons. The van der Waals surface area contributed by atoms with Gasteiger partial charge in [-0.05, 0) is 33.8 Å². The summed E-state index contributed by atoms with van der Waals surface area (Å²) in [5.74, 6) is 0.134. The third-order valence-corrected chi connectivity index (χ3v) is 6.57. The van der Waals surface area contributed by atoms with E-state index >= 15 is 0 Å². The lowest BCUT2D eigenvalue weighted by atomic mass is 10.2. The van der Waals surface area contributed by atoms with Gasteiger partial charge in [-0.1, -0.05) is 0 Å². The molecule has 0 bridgehead atoms. The number of aliphatic hydroxyl groups is 1. The number of nitrogen functional groups attached to an aromatic ring is 1. The van der Waals surface area contributed by atoms with Crippen molar-refractivity contribution in [3.05, 3.63) is 22.7 Å². The van der Waals surface area contributed by atoms with Crippen LogP contribution < -0.4 is 11.4 Å². The molecule has 1 unspecified atom stereocenters. The number of rotatable bonds is 10. The Morgan fingerprint density at radius 2 is 2.17 bits per heavy atom. The van der Waals surface area contributed by atoms with Crippen LogP contribution in [-0.4, -0.2) is 56.8 Å². The molecule has 2 heterocycles. The molecule has 0 aromatic carbocycles. The SMILES string of the molecule is CC(C)N(C(C)C)P(OCCC#N)O[C@H]1C[C@H](n2ccc(N)nc2=O)O[C@@H]1CO. The molecule has 1 fully saturated rings. The van der Waals surface area contributed by atoms with E-state index in [2.05, 4.69) is 15.7 Å². The number of ether oxygens (including phenoxy) is 1. The summed E-state index contributed by atoms with van der Waals surface area (Å²) in [6, 6.07) is 3.88. The van der Waals surface area contributed by atoms with Crippen LogP contribution in [0.2, 0.25) is 0 Å². The van der Waals surface area contributed by atoms with Gasteiger partial charge in [0, 0.05) is 24.7 Å². The van der Waals surface area contributed by atoms with E-state index < -0.39 is 32.7 Å². The summed E-state index contributed by atoms with van der Waals surface area (Å²) in [7, 11) is -1.49. The number of hydrogen-bond donors (Lipinski definition) is 2. The molecule has 2 rings (SSSR count). The molecule has 29 heavy (non-hydrogen) atoms. The van der Waals surface area contributed by atoms with Crippen molar-refractivity contribution in [2.45, 2.75) is 71.1 Å². The minimum absolute atomic E-state index is 0.134. The van der Waals surface area contributed by atoms with Crippen molar-refractivity contribution in [3.8, 4) is 6.07 Å². The van der Waals surface area contributed by atoms with Crippen molar-refractivity contribution in [1.82, 2.24) is 14.2 Å². The minimum Gasteiger partial charge on any atom is -0.394 e. The summed E-state index contributed by atoms with van der Waals surface area (Å²) in [6.45, 7) is 8.17. The van der Waals surface area contributed by atoms with Crippen LogP contribution in [0.5, 0.6) is 0 Å². The van der Waals surface area contributed by atoms with E-state index in [1.54, 1.807) is 0 Å². The maximum atomic E-state index is 12.1. The van der Waals surface area contributed by atoms with Gasteiger partial charge in [0.05, 0.1) is 31.8 Å². The maximum absolute atomic E-state index is 12.1. The fourth-order valence-electron chi connectivity index (χ4n) is 3.20. The van der Waals surface area contributed by atoms with E-state index in [0.29, 0.717) is 6.42 Å². The number of nitriles is 1. The van der Waals surface area contributed by atoms with Crippen molar-refractivity contribution < 1.29 is 18.9 Å². The van der Waals surface area contributed by atoms with Gasteiger partial charge in [-0.15, -0.1) is 0 Å². The standard InChI is InChI=1S/C18H30N5O5P/c1-12(2)23(13(3)4)29(26-9-5-7-19)28-14-10-17(27-15(14)11-24)22-8-6-16(20)21-18(22)25/h6,8,12-15,17,24H,5,9-11H2,1-4H3,(H2,20,21,25)/t14-,15+,17+,29?/m0/s1. The Hall–Kier alpha value is -1.60. The molecular formula is C18H30N5O5P. The zero-order chi connectivity index (χ0) is 21.6. The first kappa shape index (κ1) is 23.7. The molecule has 1 aliphatic heterocycles. The second-order valence-electron chi connectivity index (χ2n) is 7.28. The topological polar surface area (TPSA) is 136 Å². The lowest BCUT2D eigenvalue weighted by Crippen LogP contribution is -2.36. The molecule has 11 heteroatoms. The lowest BCUT2D eigenvalue weighted by Gasteiger charge is -2.37. The molecule has 0 saturated carbocycles. The van der Waals surface area contributed by atoms with Crippen molar-refractivity contribution >= 4 is 14.3 Å². The van der Waals surface area contributed by atoms with Crippen molar-refractivity contribution in [2.24, 2.45) is 0 Å². The first-order valence-electron chi connectivity index (χ1n) is 9.64. The van der Waals surface area contributed by atoms with Gasteiger partial charge in [0.15, 0.2) is 0 Å². The van der Waals surface area contributed by atoms with Gasteiger partial charge in [0.1, 0.15) is 18.1 Å². The average molecular weight is 427 g/mol. The molecule has 0 amide bonds. The Morgan fingerprint density at radius 1 is 1.48 bits per heavy atom. The summed E-state index contributed by atoms with van der Waals surface area (Å²) < 4.78 is 21.5.